The molecule has 220 valence electrons. The highest BCUT2D eigenvalue weighted by Gasteiger charge is 2.34. The molecule has 0 spiro atoms. The molecule has 6 rings (SSSR count). The molecular formula is C36H32N4O4. The summed E-state index contributed by atoms with van der Waals surface area (Å²) in [5.41, 5.74) is 12.2. The topological polar surface area (TPSA) is 83.1 Å². The van der Waals surface area contributed by atoms with Crippen LogP contribution in [-0.4, -0.2) is 12.0 Å². The van der Waals surface area contributed by atoms with E-state index in [2.05, 4.69) is 10.9 Å². The first-order valence-electron chi connectivity index (χ1n) is 14.3. The van der Waals surface area contributed by atoms with E-state index >= 15 is 0 Å². The van der Waals surface area contributed by atoms with Crippen LogP contribution in [0.3, 0.4) is 0 Å². The number of hydrogen-bond donors (Lipinski definition) is 2. The Labute approximate surface area is 256 Å². The van der Waals surface area contributed by atoms with Gasteiger partial charge in [0.25, 0.3) is 0 Å². The highest BCUT2D eigenvalue weighted by molar-refractivity contribution is 6.03. The van der Waals surface area contributed by atoms with E-state index in [0.717, 1.165) is 22.3 Å². The molecule has 0 radical (unpaired) electrons. The monoisotopic (exact) mass is 584 g/mol. The summed E-state index contributed by atoms with van der Waals surface area (Å²) in [5, 5.41) is 2.96. The van der Waals surface area contributed by atoms with Crippen molar-refractivity contribution < 1.29 is 19.1 Å². The smallest absolute Gasteiger partial charge is 0.358 e. The van der Waals surface area contributed by atoms with Gasteiger partial charge in [0.15, 0.2) is 0 Å². The summed E-state index contributed by atoms with van der Waals surface area (Å²) in [6.07, 6.45) is -0.419. The first-order valence-corrected chi connectivity index (χ1v) is 14.3. The summed E-state index contributed by atoms with van der Waals surface area (Å²) in [7, 11) is 0. The molecule has 8 heteroatoms. The molecule has 1 fully saturated rings. The lowest BCUT2D eigenvalue weighted by molar-refractivity contribution is 0.0734. The average Bonchev–Trinajstić information content (AvgIpc) is 3.05. The van der Waals surface area contributed by atoms with Crippen molar-refractivity contribution in [2.24, 2.45) is 0 Å². The van der Waals surface area contributed by atoms with Crippen molar-refractivity contribution in [3.8, 4) is 11.5 Å². The van der Waals surface area contributed by atoms with Crippen molar-refractivity contribution in [1.29, 1.82) is 0 Å². The van der Waals surface area contributed by atoms with E-state index in [1.165, 1.54) is 10.0 Å². The molecule has 8 nitrogen and oxygen atoms in total. The van der Waals surface area contributed by atoms with Gasteiger partial charge in [0, 0.05) is 0 Å². The minimum atomic E-state index is -0.473. The molecule has 1 unspecified atom stereocenters. The molecule has 0 bridgehead atoms. The lowest BCUT2D eigenvalue weighted by Crippen LogP contribution is -2.65. The molecule has 5 aromatic carbocycles. The van der Waals surface area contributed by atoms with Gasteiger partial charge < -0.3 is 9.47 Å². The van der Waals surface area contributed by atoms with E-state index in [1.54, 1.807) is 24.3 Å². The van der Waals surface area contributed by atoms with Crippen molar-refractivity contribution in [2.45, 2.75) is 26.6 Å². The fraction of sp³-hybridized carbons (Fsp3) is 0.111. The lowest BCUT2D eigenvalue weighted by atomic mass is 10.1. The zero-order chi connectivity index (χ0) is 30.5. The van der Waals surface area contributed by atoms with Gasteiger partial charge in [0.1, 0.15) is 24.3 Å². The standard InChI is InChI=1S/C36H32N4O4/c1-25-21-26(2)23-33(22-25)44-35(41)29-13-15-30(16-14-29)39-36(42)40(38-34(37-39)28-11-7-4-8-12-28)31-17-19-32(20-18-31)43-24-27-9-5-3-6-10-27/h3-23,34,37-38H,24H2,1-2H3. The molecule has 1 heterocycles. The minimum Gasteiger partial charge on any atom is -0.489 e. The van der Waals surface area contributed by atoms with Crippen LogP contribution < -0.4 is 30.3 Å². The molecule has 0 aromatic heterocycles. The highest BCUT2D eigenvalue weighted by Crippen LogP contribution is 2.28. The van der Waals surface area contributed by atoms with Crippen LogP contribution in [0.2, 0.25) is 0 Å². The Hall–Kier alpha value is -5.44. The number of benzene rings is 5. The second-order valence-electron chi connectivity index (χ2n) is 10.6. The number of nitrogens with one attached hydrogen (secondary N) is 2. The molecule has 5 aromatic rings. The Morgan fingerprint density at radius 2 is 1.23 bits per heavy atom. The summed E-state index contributed by atoms with van der Waals surface area (Å²) in [6, 6.07) is 39.1. The van der Waals surface area contributed by atoms with Gasteiger partial charge in [-0.1, -0.05) is 66.7 Å². The number of ether oxygens (including phenoxy) is 2. The molecule has 0 saturated carbocycles. The Morgan fingerprint density at radius 1 is 0.682 bits per heavy atom. The lowest BCUT2D eigenvalue weighted by Gasteiger charge is -2.41. The number of carbonyl (C=O) groups excluding carboxylic acids is 2. The molecular weight excluding hydrogens is 552 g/mol. The van der Waals surface area contributed by atoms with Crippen LogP contribution in [0.5, 0.6) is 11.5 Å². The first kappa shape index (κ1) is 28.7. The van der Waals surface area contributed by atoms with Crippen LogP contribution in [0.25, 0.3) is 0 Å². The zero-order valence-electron chi connectivity index (χ0n) is 24.4. The Kier molecular flexibility index (Phi) is 8.36. The molecule has 0 aliphatic carbocycles. The molecule has 44 heavy (non-hydrogen) atoms. The van der Waals surface area contributed by atoms with Crippen LogP contribution in [0, 0.1) is 13.8 Å². The van der Waals surface area contributed by atoms with Gasteiger partial charge in [0.05, 0.1) is 16.9 Å². The van der Waals surface area contributed by atoms with Gasteiger partial charge >= 0.3 is 12.0 Å². The predicted octanol–water partition coefficient (Wildman–Crippen LogP) is 7.26. The summed E-state index contributed by atoms with van der Waals surface area (Å²) in [4.78, 5) is 26.7. The summed E-state index contributed by atoms with van der Waals surface area (Å²) in [6.45, 7) is 4.36. The SMILES string of the molecule is Cc1cc(C)cc(OC(=O)c2ccc(N3NC(c4ccccc4)NN(c4ccc(OCc5ccccc5)cc4)C3=O)cc2)c1. The maximum Gasteiger partial charge on any atom is 0.358 e. The largest absolute Gasteiger partial charge is 0.489 e. The van der Waals surface area contributed by atoms with Gasteiger partial charge in [-0.15, -0.1) is 0 Å². The zero-order valence-corrected chi connectivity index (χ0v) is 24.4. The van der Waals surface area contributed by atoms with E-state index in [9.17, 15) is 9.59 Å². The van der Waals surface area contributed by atoms with E-state index in [4.69, 9.17) is 9.47 Å². The van der Waals surface area contributed by atoms with Crippen LogP contribution in [0.4, 0.5) is 16.2 Å². The van der Waals surface area contributed by atoms with Crippen molar-refractivity contribution >= 4 is 23.4 Å². The Bertz CT molecular complexity index is 1720. The minimum absolute atomic E-state index is 0.347. The summed E-state index contributed by atoms with van der Waals surface area (Å²) in [5.74, 6) is 0.716. The third-order valence-electron chi connectivity index (χ3n) is 7.14. The van der Waals surface area contributed by atoms with Crippen LogP contribution >= 0.6 is 0 Å². The highest BCUT2D eigenvalue weighted by atomic mass is 16.5. The number of esters is 1. The summed E-state index contributed by atoms with van der Waals surface area (Å²) < 4.78 is 11.5. The number of carbonyl (C=O) groups is 2. The number of anilines is 2. The molecule has 2 amide bonds. The molecule has 1 aliphatic heterocycles. The molecule has 1 atom stereocenters. The third kappa shape index (κ3) is 6.62. The first-order chi connectivity index (χ1) is 21.4. The van der Waals surface area contributed by atoms with E-state index < -0.39 is 12.1 Å². The number of nitrogens with zero attached hydrogens (tertiary/aromatic N) is 2. The van der Waals surface area contributed by atoms with E-state index in [-0.39, 0.29) is 6.03 Å². The quantitative estimate of drug-likeness (QED) is 0.148. The van der Waals surface area contributed by atoms with Crippen LogP contribution in [-0.2, 0) is 6.61 Å². The van der Waals surface area contributed by atoms with E-state index in [1.807, 2.05) is 117 Å². The molecule has 2 N–H and O–H groups in total. The number of rotatable bonds is 8. The summed E-state index contributed by atoms with van der Waals surface area (Å²) >= 11 is 0. The Morgan fingerprint density at radius 3 is 1.82 bits per heavy atom. The van der Waals surface area contributed by atoms with Crippen molar-refractivity contribution in [3.05, 3.63) is 155 Å². The fourth-order valence-electron chi connectivity index (χ4n) is 5.00. The molecule has 1 saturated heterocycles. The van der Waals surface area contributed by atoms with Gasteiger partial charge in [-0.2, -0.15) is 0 Å². The number of hydrogen-bond acceptors (Lipinski definition) is 6. The van der Waals surface area contributed by atoms with Crippen LogP contribution in [0.1, 0.15) is 38.8 Å². The number of urea groups is 1. The Balaban J connectivity index is 1.21. The number of aryl methyl sites for hydroxylation is 2. The third-order valence-corrected chi connectivity index (χ3v) is 7.14. The maximum absolute atomic E-state index is 13.8. The maximum atomic E-state index is 13.8. The van der Waals surface area contributed by atoms with Crippen LogP contribution in [0.15, 0.2) is 127 Å². The van der Waals surface area contributed by atoms with Gasteiger partial charge in [-0.3, -0.25) is 0 Å². The molecule has 1 aliphatic rings. The second kappa shape index (κ2) is 12.8. The second-order valence-corrected chi connectivity index (χ2v) is 10.6. The average molecular weight is 585 g/mol. The van der Waals surface area contributed by atoms with Gasteiger partial charge in [-0.25, -0.2) is 30.5 Å². The van der Waals surface area contributed by atoms with Crippen molar-refractivity contribution in [3.63, 3.8) is 0 Å². The van der Waals surface area contributed by atoms with E-state index in [0.29, 0.717) is 35.0 Å². The van der Waals surface area contributed by atoms with Gasteiger partial charge in [0.2, 0.25) is 0 Å². The number of hydrazine groups is 2. The normalized spacial score (nSPS) is 14.8. The number of amides is 2. The fourth-order valence-corrected chi connectivity index (χ4v) is 5.00. The van der Waals surface area contributed by atoms with Crippen molar-refractivity contribution in [1.82, 2.24) is 10.9 Å². The predicted molar refractivity (Wildman–Crippen MR) is 170 cm³/mol. The van der Waals surface area contributed by atoms with Gasteiger partial charge in [-0.05, 0) is 96.8 Å². The van der Waals surface area contributed by atoms with Crippen molar-refractivity contribution in [2.75, 3.05) is 10.0 Å².